The van der Waals surface area contributed by atoms with Gasteiger partial charge < -0.3 is 4.74 Å². The van der Waals surface area contributed by atoms with Gasteiger partial charge in [0.1, 0.15) is 0 Å². The third-order valence-electron chi connectivity index (χ3n) is 4.63. The van der Waals surface area contributed by atoms with Gasteiger partial charge in [0.15, 0.2) is 0 Å². The summed E-state index contributed by atoms with van der Waals surface area (Å²) in [6, 6.07) is 0. The summed E-state index contributed by atoms with van der Waals surface area (Å²) in [6.07, 6.45) is 6.80. The molecule has 7 heteroatoms. The Morgan fingerprint density at radius 3 is 2.11 bits per heavy atom. The number of hydrogen-bond acceptors (Lipinski definition) is 5. The molecule has 2 heterocycles. The minimum absolute atomic E-state index is 0.0247. The maximum Gasteiger partial charge on any atom is 0.0832 e. The molecule has 0 atom stereocenters. The molecule has 7 nitrogen and oxygen atoms in total. The number of aryl methyl sites for hydroxylation is 2. The normalized spacial score (nSPS) is 13.3. The van der Waals surface area contributed by atoms with Crippen LogP contribution in [0.1, 0.15) is 73.2 Å². The molecular weight excluding hydrogens is 352 g/mol. The third-order valence-corrected chi connectivity index (χ3v) is 4.63. The molecule has 0 fully saturated rings. The first-order valence-electron chi connectivity index (χ1n) is 10.3. The zero-order chi connectivity index (χ0) is 21.0. The van der Waals surface area contributed by atoms with Crippen LogP contribution < -0.4 is 0 Å². The Morgan fingerprint density at radius 2 is 1.50 bits per heavy atom. The zero-order valence-electron chi connectivity index (χ0n) is 19.0. The molecule has 0 saturated carbocycles. The Labute approximate surface area is 169 Å². The first-order valence-corrected chi connectivity index (χ1v) is 10.3. The largest absolute Gasteiger partial charge is 0.375 e. The van der Waals surface area contributed by atoms with Gasteiger partial charge in [0, 0.05) is 30.9 Å². The lowest BCUT2D eigenvalue weighted by Crippen LogP contribution is -2.34. The Balaban J connectivity index is 1.82. The molecule has 0 aliphatic rings. The van der Waals surface area contributed by atoms with E-state index in [9.17, 15) is 0 Å². The van der Waals surface area contributed by atoms with E-state index in [1.807, 2.05) is 15.6 Å². The van der Waals surface area contributed by atoms with Crippen molar-refractivity contribution in [3.05, 3.63) is 23.8 Å². The van der Waals surface area contributed by atoms with Crippen LogP contribution in [0.5, 0.6) is 0 Å². The molecule has 0 radical (unpaired) electrons. The van der Waals surface area contributed by atoms with Gasteiger partial charge in [-0.2, -0.15) is 0 Å². The number of ether oxygens (including phenoxy) is 1. The van der Waals surface area contributed by atoms with Crippen molar-refractivity contribution in [2.45, 2.75) is 93.3 Å². The van der Waals surface area contributed by atoms with Crippen molar-refractivity contribution in [1.82, 2.24) is 30.0 Å². The molecule has 0 N–H and O–H groups in total. The van der Waals surface area contributed by atoms with E-state index in [0.29, 0.717) is 6.61 Å². The van der Waals surface area contributed by atoms with Crippen molar-refractivity contribution in [2.24, 2.45) is 10.8 Å². The summed E-state index contributed by atoms with van der Waals surface area (Å²) in [6.45, 7) is 19.7. The van der Waals surface area contributed by atoms with Gasteiger partial charge in [0.05, 0.1) is 23.6 Å². The Kier molecular flexibility index (Phi) is 7.02. The summed E-state index contributed by atoms with van der Waals surface area (Å²) in [5.74, 6) is 0. The van der Waals surface area contributed by atoms with Crippen LogP contribution in [0.15, 0.2) is 12.4 Å². The molecule has 0 unspecified atom stereocenters. The van der Waals surface area contributed by atoms with Gasteiger partial charge in [-0.25, -0.2) is 0 Å². The summed E-state index contributed by atoms with van der Waals surface area (Å²) in [5, 5.41) is 17.0. The van der Waals surface area contributed by atoms with Crippen molar-refractivity contribution < 1.29 is 4.74 Å². The van der Waals surface area contributed by atoms with Crippen molar-refractivity contribution in [3.8, 4) is 0 Å². The summed E-state index contributed by atoms with van der Waals surface area (Å²) in [4.78, 5) is 0. The van der Waals surface area contributed by atoms with E-state index in [-0.39, 0.29) is 16.4 Å². The molecule has 158 valence electrons. The highest BCUT2D eigenvalue weighted by Gasteiger charge is 2.26. The quantitative estimate of drug-likeness (QED) is 0.615. The molecule has 28 heavy (non-hydrogen) atoms. The Hall–Kier alpha value is -1.76. The number of rotatable bonds is 10. The summed E-state index contributed by atoms with van der Waals surface area (Å²) in [7, 11) is 0. The second kappa shape index (κ2) is 8.72. The number of nitrogens with zero attached hydrogens (tertiary/aromatic N) is 6. The molecule has 2 rings (SSSR count). The SMILES string of the molecule is CCc1cn(CC(C)(C)COC(C)(C)CCn2cc(CC(C)(C)C)nn2)nn1. The van der Waals surface area contributed by atoms with Crippen molar-refractivity contribution in [1.29, 1.82) is 0 Å². The average Bonchev–Trinajstić information content (AvgIpc) is 3.19. The second-order valence-corrected chi connectivity index (χ2v) is 10.4. The molecule has 0 spiro atoms. The molecule has 0 aromatic carbocycles. The smallest absolute Gasteiger partial charge is 0.0832 e. The fourth-order valence-corrected chi connectivity index (χ4v) is 2.98. The summed E-state index contributed by atoms with van der Waals surface area (Å²) < 4.78 is 10.1. The first-order chi connectivity index (χ1) is 12.9. The molecular formula is C21H38N6O. The van der Waals surface area contributed by atoms with Crippen molar-refractivity contribution in [2.75, 3.05) is 6.61 Å². The first kappa shape index (κ1) is 22.5. The standard InChI is InChI=1S/C21H38N6O/c1-9-17-13-27(25-22-17)15-20(5,6)16-28-21(7,8)10-11-26-14-18(23-24-26)12-19(2,3)4/h13-14H,9-12,15-16H2,1-8H3. The molecule has 0 aliphatic heterocycles. The molecule has 0 saturated heterocycles. The number of aromatic nitrogens is 6. The van der Waals surface area contributed by atoms with E-state index in [2.05, 4.69) is 82.2 Å². The van der Waals surface area contributed by atoms with Gasteiger partial charge in [-0.1, -0.05) is 52.0 Å². The van der Waals surface area contributed by atoms with E-state index < -0.39 is 0 Å². The van der Waals surface area contributed by atoms with Crippen molar-refractivity contribution in [3.63, 3.8) is 0 Å². The van der Waals surface area contributed by atoms with E-state index in [4.69, 9.17) is 4.74 Å². The molecule has 0 aliphatic carbocycles. The lowest BCUT2D eigenvalue weighted by atomic mass is 9.91. The van der Waals surface area contributed by atoms with Gasteiger partial charge in [-0.3, -0.25) is 9.36 Å². The van der Waals surface area contributed by atoms with Crippen LogP contribution >= 0.6 is 0 Å². The zero-order valence-corrected chi connectivity index (χ0v) is 19.0. The fraction of sp³-hybridized carbons (Fsp3) is 0.810. The van der Waals surface area contributed by atoms with E-state index in [1.54, 1.807) is 0 Å². The van der Waals surface area contributed by atoms with Crippen LogP contribution in [0.3, 0.4) is 0 Å². The van der Waals surface area contributed by atoms with Gasteiger partial charge >= 0.3 is 0 Å². The van der Waals surface area contributed by atoms with Crippen molar-refractivity contribution >= 4 is 0 Å². The van der Waals surface area contributed by atoms with E-state index >= 15 is 0 Å². The highest BCUT2D eigenvalue weighted by Crippen LogP contribution is 2.24. The Morgan fingerprint density at radius 1 is 0.893 bits per heavy atom. The van der Waals surface area contributed by atoms with Crippen LogP contribution in [-0.2, 0) is 30.7 Å². The lowest BCUT2D eigenvalue weighted by molar-refractivity contribution is -0.0658. The van der Waals surface area contributed by atoms with Crippen LogP contribution in [-0.4, -0.2) is 42.2 Å². The predicted octanol–water partition coefficient (Wildman–Crippen LogP) is 3.93. The third kappa shape index (κ3) is 7.70. The highest BCUT2D eigenvalue weighted by molar-refractivity contribution is 4.96. The highest BCUT2D eigenvalue weighted by atomic mass is 16.5. The fourth-order valence-electron chi connectivity index (χ4n) is 2.98. The average molecular weight is 391 g/mol. The maximum absolute atomic E-state index is 6.29. The van der Waals surface area contributed by atoms with Crippen LogP contribution in [0.25, 0.3) is 0 Å². The second-order valence-electron chi connectivity index (χ2n) is 10.4. The monoisotopic (exact) mass is 390 g/mol. The van der Waals surface area contributed by atoms with Crippen LogP contribution in [0.2, 0.25) is 0 Å². The van der Waals surface area contributed by atoms with Gasteiger partial charge in [-0.15, -0.1) is 10.2 Å². The topological polar surface area (TPSA) is 70.7 Å². The van der Waals surface area contributed by atoms with Crippen LogP contribution in [0, 0.1) is 10.8 Å². The van der Waals surface area contributed by atoms with Crippen LogP contribution in [0.4, 0.5) is 0 Å². The summed E-state index contributed by atoms with van der Waals surface area (Å²) >= 11 is 0. The molecule has 0 bridgehead atoms. The summed E-state index contributed by atoms with van der Waals surface area (Å²) in [5.41, 5.74) is 2.03. The molecule has 0 amide bonds. The van der Waals surface area contributed by atoms with Gasteiger partial charge in [-0.05, 0) is 38.5 Å². The van der Waals surface area contributed by atoms with E-state index in [1.165, 1.54) is 0 Å². The van der Waals surface area contributed by atoms with Gasteiger partial charge in [0.2, 0.25) is 0 Å². The molecule has 2 aromatic rings. The maximum atomic E-state index is 6.29. The minimum atomic E-state index is -0.232. The van der Waals surface area contributed by atoms with E-state index in [0.717, 1.165) is 43.7 Å². The van der Waals surface area contributed by atoms with Gasteiger partial charge in [0.25, 0.3) is 0 Å². The Bertz CT molecular complexity index is 738. The lowest BCUT2D eigenvalue weighted by Gasteiger charge is -2.31. The predicted molar refractivity (Wildman–Crippen MR) is 111 cm³/mol. The molecule has 2 aromatic heterocycles. The number of hydrogen-bond donors (Lipinski definition) is 0. The minimum Gasteiger partial charge on any atom is -0.375 e.